The third-order valence-corrected chi connectivity index (χ3v) is 4.98. The molecule has 0 bridgehead atoms. The Morgan fingerprint density at radius 1 is 1.17 bits per heavy atom. The van der Waals surface area contributed by atoms with Crippen molar-refractivity contribution in [2.24, 2.45) is 0 Å². The van der Waals surface area contributed by atoms with Crippen molar-refractivity contribution in [1.82, 2.24) is 4.31 Å². The molecule has 1 aromatic rings. The molecule has 1 fully saturated rings. The van der Waals surface area contributed by atoms with Gasteiger partial charge in [0.15, 0.2) is 5.78 Å². The molecule has 1 saturated heterocycles. The highest BCUT2D eigenvalue weighted by atomic mass is 32.2. The van der Waals surface area contributed by atoms with Gasteiger partial charge in [0.25, 0.3) is 0 Å². The third-order valence-electron chi connectivity index (χ3n) is 3.06. The van der Waals surface area contributed by atoms with Gasteiger partial charge in [0, 0.05) is 5.56 Å². The summed E-state index contributed by atoms with van der Waals surface area (Å²) in [7, 11) is -3.40. The molecule has 0 unspecified atom stereocenters. The van der Waals surface area contributed by atoms with Gasteiger partial charge in [-0.1, -0.05) is 12.1 Å². The summed E-state index contributed by atoms with van der Waals surface area (Å²) in [6.07, 6.45) is 0. The monoisotopic (exact) mass is 269 g/mol. The second kappa shape index (κ2) is 5.17. The van der Waals surface area contributed by atoms with Crippen molar-refractivity contribution in [2.45, 2.75) is 11.8 Å². The maximum absolute atomic E-state index is 12.3. The molecule has 0 atom stereocenters. The van der Waals surface area contributed by atoms with Gasteiger partial charge in [-0.15, -0.1) is 0 Å². The molecule has 0 aliphatic carbocycles. The van der Waals surface area contributed by atoms with Gasteiger partial charge in [0.2, 0.25) is 10.0 Å². The van der Waals surface area contributed by atoms with Crippen LogP contribution in [0.4, 0.5) is 0 Å². The smallest absolute Gasteiger partial charge is 0.243 e. The largest absolute Gasteiger partial charge is 0.344 e. The number of piperazine rings is 1. The summed E-state index contributed by atoms with van der Waals surface area (Å²) >= 11 is 0. The molecule has 6 heteroatoms. The summed E-state index contributed by atoms with van der Waals surface area (Å²) in [6.45, 7) is 4.13. The highest BCUT2D eigenvalue weighted by Gasteiger charge is 2.27. The number of ketones is 1. The second-order valence-electron chi connectivity index (χ2n) is 4.35. The number of quaternary nitrogens is 1. The SMILES string of the molecule is CC(=O)c1ccc(S(=O)(=O)N2CC[NH2+]CC2)cc1. The van der Waals surface area contributed by atoms with E-state index in [-0.39, 0.29) is 10.7 Å². The molecular weight excluding hydrogens is 252 g/mol. The molecule has 5 nitrogen and oxygen atoms in total. The number of rotatable bonds is 3. The van der Waals surface area contributed by atoms with E-state index in [1.807, 2.05) is 0 Å². The van der Waals surface area contributed by atoms with Crippen LogP contribution in [0.1, 0.15) is 17.3 Å². The molecule has 1 aromatic carbocycles. The highest BCUT2D eigenvalue weighted by Crippen LogP contribution is 2.16. The summed E-state index contributed by atoms with van der Waals surface area (Å²) < 4.78 is 26.1. The molecule has 0 aromatic heterocycles. The molecule has 0 saturated carbocycles. The Labute approximate surface area is 107 Å². The lowest BCUT2D eigenvalue weighted by Gasteiger charge is -2.24. The lowest BCUT2D eigenvalue weighted by molar-refractivity contribution is -0.661. The number of sulfonamides is 1. The van der Waals surface area contributed by atoms with Crippen LogP contribution in [0, 0.1) is 0 Å². The van der Waals surface area contributed by atoms with E-state index in [4.69, 9.17) is 0 Å². The minimum atomic E-state index is -3.40. The second-order valence-corrected chi connectivity index (χ2v) is 6.29. The van der Waals surface area contributed by atoms with E-state index < -0.39 is 10.0 Å². The van der Waals surface area contributed by atoms with Crippen LogP contribution in [0.15, 0.2) is 29.2 Å². The lowest BCUT2D eigenvalue weighted by atomic mass is 10.2. The topological polar surface area (TPSA) is 71.1 Å². The van der Waals surface area contributed by atoms with Crippen LogP contribution in [0.3, 0.4) is 0 Å². The van der Waals surface area contributed by atoms with Crippen molar-refractivity contribution >= 4 is 15.8 Å². The van der Waals surface area contributed by atoms with E-state index in [1.165, 1.54) is 23.4 Å². The molecule has 1 heterocycles. The van der Waals surface area contributed by atoms with Crippen LogP contribution in [0.5, 0.6) is 0 Å². The summed E-state index contributed by atoms with van der Waals surface area (Å²) in [5.74, 6) is -0.0634. The normalized spacial score (nSPS) is 17.6. The van der Waals surface area contributed by atoms with E-state index >= 15 is 0 Å². The number of hydrogen-bond donors (Lipinski definition) is 1. The minimum absolute atomic E-state index is 0.0634. The Bertz CT molecular complexity index is 531. The van der Waals surface area contributed by atoms with Crippen molar-refractivity contribution in [1.29, 1.82) is 0 Å². The number of benzene rings is 1. The molecular formula is C12H17N2O3S+. The average molecular weight is 269 g/mol. The first kappa shape index (κ1) is 13.2. The first-order valence-corrected chi connectivity index (χ1v) is 7.38. The molecule has 98 valence electrons. The Hall–Kier alpha value is -1.24. The minimum Gasteiger partial charge on any atom is -0.344 e. The maximum Gasteiger partial charge on any atom is 0.243 e. The Balaban J connectivity index is 2.26. The number of nitrogens with zero attached hydrogens (tertiary/aromatic N) is 1. The Morgan fingerprint density at radius 3 is 2.22 bits per heavy atom. The first-order chi connectivity index (χ1) is 8.51. The van der Waals surface area contributed by atoms with E-state index in [1.54, 1.807) is 12.1 Å². The fourth-order valence-electron chi connectivity index (χ4n) is 1.98. The van der Waals surface area contributed by atoms with Gasteiger partial charge in [-0.2, -0.15) is 4.31 Å². The van der Waals surface area contributed by atoms with Crippen LogP contribution < -0.4 is 5.32 Å². The molecule has 2 rings (SSSR count). The van der Waals surface area contributed by atoms with Gasteiger partial charge in [-0.25, -0.2) is 8.42 Å². The molecule has 18 heavy (non-hydrogen) atoms. The number of carbonyl (C=O) groups excluding carboxylic acids is 1. The maximum atomic E-state index is 12.3. The summed E-state index contributed by atoms with van der Waals surface area (Å²) in [6, 6.07) is 6.13. The number of Topliss-reactive ketones (excluding diaryl/α,β-unsaturated/α-hetero) is 1. The van der Waals surface area contributed by atoms with Crippen molar-refractivity contribution in [3.8, 4) is 0 Å². The average Bonchev–Trinajstić information content (AvgIpc) is 2.40. The quantitative estimate of drug-likeness (QED) is 0.749. The standard InChI is InChI=1S/C12H16N2O3S/c1-10(15)11-2-4-12(5-3-11)18(16,17)14-8-6-13-7-9-14/h2-5,13H,6-9H2,1H3/p+1. The summed E-state index contributed by atoms with van der Waals surface area (Å²) in [4.78, 5) is 11.4. The van der Waals surface area contributed by atoms with E-state index in [0.717, 1.165) is 13.1 Å². The van der Waals surface area contributed by atoms with Crippen molar-refractivity contribution in [2.75, 3.05) is 26.2 Å². The highest BCUT2D eigenvalue weighted by molar-refractivity contribution is 7.89. The summed E-state index contributed by atoms with van der Waals surface area (Å²) in [5, 5.41) is 2.10. The Morgan fingerprint density at radius 2 is 1.72 bits per heavy atom. The van der Waals surface area contributed by atoms with Gasteiger partial charge < -0.3 is 5.32 Å². The van der Waals surface area contributed by atoms with Crippen molar-refractivity contribution in [3.05, 3.63) is 29.8 Å². The molecule has 0 amide bonds. The zero-order valence-electron chi connectivity index (χ0n) is 10.3. The van der Waals surface area contributed by atoms with Crippen molar-refractivity contribution < 1.29 is 18.5 Å². The van der Waals surface area contributed by atoms with E-state index in [9.17, 15) is 13.2 Å². The molecule has 2 N–H and O–H groups in total. The fourth-order valence-corrected chi connectivity index (χ4v) is 3.45. The first-order valence-electron chi connectivity index (χ1n) is 5.94. The van der Waals surface area contributed by atoms with E-state index in [2.05, 4.69) is 5.32 Å². The van der Waals surface area contributed by atoms with Crippen LogP contribution in [-0.4, -0.2) is 44.7 Å². The molecule has 1 aliphatic rings. The van der Waals surface area contributed by atoms with Crippen LogP contribution in [0.25, 0.3) is 0 Å². The molecule has 1 aliphatic heterocycles. The van der Waals surface area contributed by atoms with Gasteiger partial charge in [-0.05, 0) is 19.1 Å². The lowest BCUT2D eigenvalue weighted by Crippen LogP contribution is -2.89. The Kier molecular flexibility index (Phi) is 3.79. The predicted octanol–water partition coefficient (Wildman–Crippen LogP) is -0.543. The summed E-state index contributed by atoms with van der Waals surface area (Å²) in [5.41, 5.74) is 0.529. The van der Waals surface area contributed by atoms with Crippen LogP contribution in [-0.2, 0) is 10.0 Å². The van der Waals surface area contributed by atoms with Gasteiger partial charge >= 0.3 is 0 Å². The zero-order valence-corrected chi connectivity index (χ0v) is 11.1. The predicted molar refractivity (Wildman–Crippen MR) is 66.9 cm³/mol. The van der Waals surface area contributed by atoms with E-state index in [0.29, 0.717) is 18.7 Å². The number of carbonyl (C=O) groups is 1. The number of nitrogens with two attached hydrogens (primary N) is 1. The number of hydrogen-bond acceptors (Lipinski definition) is 3. The van der Waals surface area contributed by atoms with Gasteiger partial charge in [0.1, 0.15) is 0 Å². The van der Waals surface area contributed by atoms with Crippen LogP contribution >= 0.6 is 0 Å². The van der Waals surface area contributed by atoms with Crippen molar-refractivity contribution in [3.63, 3.8) is 0 Å². The van der Waals surface area contributed by atoms with Gasteiger partial charge in [0.05, 0.1) is 31.1 Å². The zero-order chi connectivity index (χ0) is 13.2. The van der Waals surface area contributed by atoms with Gasteiger partial charge in [-0.3, -0.25) is 4.79 Å². The molecule has 0 spiro atoms. The van der Waals surface area contributed by atoms with Crippen LogP contribution in [0.2, 0.25) is 0 Å². The molecule has 0 radical (unpaired) electrons. The third kappa shape index (κ3) is 2.60. The fraction of sp³-hybridized carbons (Fsp3) is 0.417.